The van der Waals surface area contributed by atoms with Crippen LogP contribution in [-0.2, 0) is 0 Å². The van der Waals surface area contributed by atoms with E-state index in [-0.39, 0.29) is 12.6 Å². The number of halogens is 2. The quantitative estimate of drug-likeness (QED) is 0.835. The molecule has 1 fully saturated rings. The molecule has 0 radical (unpaired) electrons. The molecule has 2 rings (SSSR count). The zero-order valence-electron chi connectivity index (χ0n) is 12.5. The lowest BCUT2D eigenvalue weighted by atomic mass is 9.91. The molecule has 0 aliphatic carbocycles. The molecule has 1 heterocycles. The summed E-state index contributed by atoms with van der Waals surface area (Å²) in [6.45, 7) is 6.49. The fourth-order valence-electron chi connectivity index (χ4n) is 2.97. The summed E-state index contributed by atoms with van der Waals surface area (Å²) < 4.78 is 25.2. The van der Waals surface area contributed by atoms with Crippen LogP contribution in [0.4, 0.5) is 8.78 Å². The monoisotopic (exact) mass is 282 g/mol. The Morgan fingerprint density at radius 2 is 1.90 bits per heavy atom. The van der Waals surface area contributed by atoms with Crippen LogP contribution in [-0.4, -0.2) is 49.5 Å². The first kappa shape index (κ1) is 15.4. The number of hydrogen-bond acceptors (Lipinski definition) is 2. The molecule has 1 atom stereocenters. The fourth-order valence-corrected chi connectivity index (χ4v) is 2.97. The van der Waals surface area contributed by atoms with Gasteiger partial charge in [0.05, 0.1) is 6.54 Å². The Morgan fingerprint density at radius 1 is 1.20 bits per heavy atom. The first-order chi connectivity index (χ1) is 9.49. The fraction of sp³-hybridized carbons (Fsp3) is 0.625. The van der Waals surface area contributed by atoms with Crippen molar-refractivity contribution in [3.63, 3.8) is 0 Å². The van der Waals surface area contributed by atoms with Crippen molar-refractivity contribution in [2.75, 3.05) is 33.2 Å². The molecule has 1 saturated heterocycles. The van der Waals surface area contributed by atoms with Crippen molar-refractivity contribution in [2.24, 2.45) is 0 Å². The number of nitrogens with zero attached hydrogens (tertiary/aromatic N) is 2. The van der Waals surface area contributed by atoms with Gasteiger partial charge in [-0.25, -0.2) is 8.78 Å². The van der Waals surface area contributed by atoms with Crippen LogP contribution in [0.1, 0.15) is 36.9 Å². The summed E-state index contributed by atoms with van der Waals surface area (Å²) in [7, 11) is 2.08. The van der Waals surface area contributed by atoms with E-state index in [0.29, 0.717) is 12.5 Å². The highest BCUT2D eigenvalue weighted by Crippen LogP contribution is 2.30. The maximum absolute atomic E-state index is 12.6. The first-order valence-corrected chi connectivity index (χ1v) is 7.28. The Balaban J connectivity index is 2.21. The molecular formula is C16H24F2N2. The van der Waals surface area contributed by atoms with E-state index in [1.54, 1.807) is 0 Å². The van der Waals surface area contributed by atoms with E-state index in [9.17, 15) is 8.78 Å². The normalized spacial score (nSPS) is 21.9. The lowest BCUT2D eigenvalue weighted by molar-refractivity contribution is 0.0378. The molecule has 0 aromatic heterocycles. The van der Waals surface area contributed by atoms with Crippen molar-refractivity contribution in [3.05, 3.63) is 35.4 Å². The minimum Gasteiger partial charge on any atom is -0.297 e. The van der Waals surface area contributed by atoms with Gasteiger partial charge < -0.3 is 0 Å². The van der Waals surface area contributed by atoms with Gasteiger partial charge in [0, 0.05) is 25.7 Å². The molecule has 20 heavy (non-hydrogen) atoms. The van der Waals surface area contributed by atoms with E-state index in [0.717, 1.165) is 13.1 Å². The molecule has 2 nitrogen and oxygen atoms in total. The predicted octanol–water partition coefficient (Wildman–Crippen LogP) is 3.36. The average Bonchev–Trinajstić information content (AvgIpc) is 2.40. The van der Waals surface area contributed by atoms with Crippen molar-refractivity contribution < 1.29 is 8.78 Å². The maximum atomic E-state index is 12.6. The second-order valence-corrected chi connectivity index (χ2v) is 5.93. The summed E-state index contributed by atoms with van der Waals surface area (Å²) in [6.07, 6.45) is -2.25. The van der Waals surface area contributed by atoms with E-state index in [1.165, 1.54) is 11.1 Å². The van der Waals surface area contributed by atoms with Crippen LogP contribution in [0.3, 0.4) is 0 Å². The number of piperazine rings is 1. The van der Waals surface area contributed by atoms with Gasteiger partial charge in [0.2, 0.25) is 0 Å². The first-order valence-electron chi connectivity index (χ1n) is 7.28. The highest BCUT2D eigenvalue weighted by atomic mass is 19.3. The maximum Gasteiger partial charge on any atom is 0.251 e. The Bertz CT molecular complexity index is 434. The van der Waals surface area contributed by atoms with Gasteiger partial charge in [-0.2, -0.15) is 0 Å². The van der Waals surface area contributed by atoms with Gasteiger partial charge in [0.25, 0.3) is 6.43 Å². The van der Waals surface area contributed by atoms with Crippen molar-refractivity contribution in [1.29, 1.82) is 0 Å². The predicted molar refractivity (Wildman–Crippen MR) is 78.3 cm³/mol. The van der Waals surface area contributed by atoms with Crippen molar-refractivity contribution in [1.82, 2.24) is 9.80 Å². The summed E-state index contributed by atoms with van der Waals surface area (Å²) >= 11 is 0. The molecule has 0 spiro atoms. The number of benzene rings is 1. The minimum atomic E-state index is -2.25. The summed E-state index contributed by atoms with van der Waals surface area (Å²) in [5.74, 6) is 0.449. The highest BCUT2D eigenvalue weighted by molar-refractivity contribution is 5.33. The molecule has 0 amide bonds. The second-order valence-electron chi connectivity index (χ2n) is 5.93. The van der Waals surface area contributed by atoms with Crippen LogP contribution in [0.2, 0.25) is 0 Å². The van der Waals surface area contributed by atoms with Gasteiger partial charge in [0.15, 0.2) is 0 Å². The van der Waals surface area contributed by atoms with Crippen LogP contribution < -0.4 is 0 Å². The van der Waals surface area contributed by atoms with E-state index in [1.807, 2.05) is 11.0 Å². The Kier molecular flexibility index (Phi) is 5.11. The molecule has 1 aliphatic rings. The van der Waals surface area contributed by atoms with E-state index in [4.69, 9.17) is 0 Å². The van der Waals surface area contributed by atoms with E-state index in [2.05, 4.69) is 44.0 Å². The SMILES string of the molecule is CC(C)c1ccccc1C1CN(CC(F)F)CCN1C. The Labute approximate surface area is 120 Å². The number of likely N-dealkylation sites (N-methyl/N-ethyl adjacent to an activating group) is 1. The van der Waals surface area contributed by atoms with Gasteiger partial charge in [0.1, 0.15) is 0 Å². The van der Waals surface area contributed by atoms with Gasteiger partial charge in [-0.15, -0.1) is 0 Å². The van der Waals surface area contributed by atoms with E-state index < -0.39 is 6.43 Å². The zero-order chi connectivity index (χ0) is 14.7. The van der Waals surface area contributed by atoms with Gasteiger partial charge in [-0.3, -0.25) is 9.80 Å². The van der Waals surface area contributed by atoms with Crippen molar-refractivity contribution in [3.8, 4) is 0 Å². The van der Waals surface area contributed by atoms with Crippen LogP contribution in [0.5, 0.6) is 0 Å². The van der Waals surface area contributed by atoms with Crippen LogP contribution >= 0.6 is 0 Å². The molecule has 1 aromatic carbocycles. The molecule has 0 N–H and O–H groups in total. The van der Waals surface area contributed by atoms with Gasteiger partial charge >= 0.3 is 0 Å². The summed E-state index contributed by atoms with van der Waals surface area (Å²) in [6, 6.07) is 8.60. The van der Waals surface area contributed by atoms with Crippen LogP contribution in [0.15, 0.2) is 24.3 Å². The van der Waals surface area contributed by atoms with Crippen LogP contribution in [0.25, 0.3) is 0 Å². The molecule has 1 aliphatic heterocycles. The highest BCUT2D eigenvalue weighted by Gasteiger charge is 2.28. The summed E-state index contributed by atoms with van der Waals surface area (Å²) in [4.78, 5) is 4.16. The number of rotatable bonds is 4. The van der Waals surface area contributed by atoms with Crippen molar-refractivity contribution in [2.45, 2.75) is 32.2 Å². The summed E-state index contributed by atoms with van der Waals surface area (Å²) in [5, 5.41) is 0. The largest absolute Gasteiger partial charge is 0.297 e. The Hall–Kier alpha value is -1.00. The van der Waals surface area contributed by atoms with Crippen molar-refractivity contribution >= 4 is 0 Å². The molecule has 1 unspecified atom stereocenters. The minimum absolute atomic E-state index is 0.117. The molecule has 4 heteroatoms. The lowest BCUT2D eigenvalue weighted by Gasteiger charge is -2.40. The van der Waals surface area contributed by atoms with Gasteiger partial charge in [-0.05, 0) is 24.1 Å². The molecule has 112 valence electrons. The van der Waals surface area contributed by atoms with Crippen LogP contribution in [0, 0.1) is 0 Å². The smallest absolute Gasteiger partial charge is 0.251 e. The molecule has 0 bridgehead atoms. The topological polar surface area (TPSA) is 6.48 Å². The zero-order valence-corrected chi connectivity index (χ0v) is 12.5. The number of hydrogen-bond donors (Lipinski definition) is 0. The lowest BCUT2D eigenvalue weighted by Crippen LogP contribution is -2.48. The molecule has 1 aromatic rings. The third-order valence-corrected chi connectivity index (χ3v) is 4.11. The Morgan fingerprint density at radius 3 is 2.55 bits per heavy atom. The molecule has 0 saturated carbocycles. The standard InChI is InChI=1S/C16H24F2N2/c1-12(2)13-6-4-5-7-14(13)15-10-20(11-16(17)18)9-8-19(15)3/h4-7,12,15-16H,8-11H2,1-3H3. The van der Waals surface area contributed by atoms with E-state index >= 15 is 0 Å². The average molecular weight is 282 g/mol. The van der Waals surface area contributed by atoms with Gasteiger partial charge in [-0.1, -0.05) is 38.1 Å². The summed E-state index contributed by atoms with van der Waals surface area (Å²) in [5.41, 5.74) is 2.60. The third kappa shape index (κ3) is 3.55. The number of alkyl halides is 2. The third-order valence-electron chi connectivity index (χ3n) is 4.11. The molecular weight excluding hydrogens is 258 g/mol. The second kappa shape index (κ2) is 6.64.